The predicted octanol–water partition coefficient (Wildman–Crippen LogP) is 12.9. The maximum absolute atomic E-state index is 9.37. The van der Waals surface area contributed by atoms with Gasteiger partial charge in [0, 0.05) is 26.4 Å². The van der Waals surface area contributed by atoms with Crippen molar-refractivity contribution in [1.29, 1.82) is 0 Å². The van der Waals surface area contributed by atoms with Crippen molar-refractivity contribution in [3.05, 3.63) is 114 Å². The van der Waals surface area contributed by atoms with Gasteiger partial charge < -0.3 is 14.7 Å². The highest BCUT2D eigenvalue weighted by Gasteiger charge is 2.31. The molecular weight excluding hydrogens is 641 g/mol. The fraction of sp³-hybridized carbons (Fsp3) is 0.532. The van der Waals surface area contributed by atoms with Gasteiger partial charge in [0.25, 0.3) is 0 Å². The molecule has 0 amide bonds. The number of hydrogen-bond acceptors (Lipinski definition) is 4. The van der Waals surface area contributed by atoms with Crippen molar-refractivity contribution in [2.45, 2.75) is 133 Å². The zero-order valence-corrected chi connectivity index (χ0v) is 34.5. The quantitative estimate of drug-likeness (QED) is 0.137. The van der Waals surface area contributed by atoms with Crippen LogP contribution in [0, 0.1) is 17.3 Å². The van der Waals surface area contributed by atoms with Crippen LogP contribution in [0.3, 0.4) is 0 Å². The van der Waals surface area contributed by atoms with Gasteiger partial charge in [0.2, 0.25) is 0 Å². The minimum absolute atomic E-state index is 0.107. The second-order valence-electron chi connectivity index (χ2n) is 14.6. The smallest absolute Gasteiger partial charge is 0.303 e. The molecule has 0 spiro atoms. The molecule has 288 valence electrons. The number of allylic oxidation sites excluding steroid dienone is 9. The summed E-state index contributed by atoms with van der Waals surface area (Å²) < 4.78 is 6.14. The molecule has 0 saturated heterocycles. The molecule has 1 aliphatic heterocycles. The summed E-state index contributed by atoms with van der Waals surface area (Å²) in [7, 11) is 2.07. The van der Waals surface area contributed by atoms with Crippen molar-refractivity contribution < 1.29 is 14.6 Å². The summed E-state index contributed by atoms with van der Waals surface area (Å²) in [5, 5.41) is 7.72. The van der Waals surface area contributed by atoms with Crippen LogP contribution in [0.15, 0.2) is 108 Å². The van der Waals surface area contributed by atoms with E-state index in [0.29, 0.717) is 6.61 Å². The van der Waals surface area contributed by atoms with Crippen molar-refractivity contribution in [2.75, 3.05) is 13.6 Å². The summed E-state index contributed by atoms with van der Waals surface area (Å²) in [4.78, 5) is 16.1. The zero-order valence-electron chi connectivity index (χ0n) is 34.5. The summed E-state index contributed by atoms with van der Waals surface area (Å²) in [6.45, 7) is 25.1. The minimum atomic E-state index is -0.745. The summed E-state index contributed by atoms with van der Waals surface area (Å²) >= 11 is 0. The number of likely N-dealkylation sites (N-methyl/N-ethyl adjacent to an activating group) is 1. The van der Waals surface area contributed by atoms with E-state index in [0.717, 1.165) is 42.8 Å². The number of rotatable bonds is 16. The number of carbonyl (C=O) groups is 1. The molecule has 3 unspecified atom stereocenters. The molecule has 0 aromatic heterocycles. The van der Waals surface area contributed by atoms with Gasteiger partial charge >= 0.3 is 5.97 Å². The van der Waals surface area contributed by atoms with E-state index < -0.39 is 5.97 Å². The van der Waals surface area contributed by atoms with E-state index in [1.807, 2.05) is 12.2 Å². The van der Waals surface area contributed by atoms with Gasteiger partial charge in [-0.3, -0.25) is 9.79 Å². The van der Waals surface area contributed by atoms with Crippen LogP contribution >= 0.6 is 0 Å². The average Bonchev–Trinajstić information content (AvgIpc) is 3.24. The Kier molecular flexibility index (Phi) is 23.1. The van der Waals surface area contributed by atoms with Crippen molar-refractivity contribution >= 4 is 17.4 Å². The van der Waals surface area contributed by atoms with Gasteiger partial charge in [-0.1, -0.05) is 146 Å². The number of amidine groups is 1. The van der Waals surface area contributed by atoms with Crippen LogP contribution in [0.2, 0.25) is 0 Å². The number of hydrogen-bond donors (Lipinski definition) is 1. The number of carboxylic acid groups (broad SMARTS) is 1. The molecular formula is C47H72N2O3. The Morgan fingerprint density at radius 2 is 1.73 bits per heavy atom. The Hall–Kier alpha value is -3.86. The lowest BCUT2D eigenvalue weighted by molar-refractivity contribution is -0.136. The van der Waals surface area contributed by atoms with Crippen LogP contribution in [0.5, 0.6) is 0 Å². The topological polar surface area (TPSA) is 62.1 Å². The van der Waals surface area contributed by atoms with E-state index in [9.17, 15) is 4.79 Å². The Morgan fingerprint density at radius 3 is 2.25 bits per heavy atom. The van der Waals surface area contributed by atoms with E-state index in [1.54, 1.807) is 6.92 Å². The van der Waals surface area contributed by atoms with E-state index in [1.165, 1.54) is 60.8 Å². The molecule has 0 saturated carbocycles. The highest BCUT2D eigenvalue weighted by atomic mass is 16.5. The van der Waals surface area contributed by atoms with Crippen molar-refractivity contribution in [1.82, 2.24) is 4.90 Å². The molecule has 1 aromatic carbocycles. The standard InChI is InChI=1S/C32H48O.C12H18N2.C3H6O2/c1-8-11-30(12-9-2)32(7)21-19-31(20-22-32)33-24-28-15-17-29(18-16-28)27(6)14-13-26(5)23-25(4)10-3;1-4-11-9-7-6-8-10-14(3)12(5-2)13-11;1-2-3(4)5/h13-21,25,30H,8-12,22-24H2,1-7H3;4,6-9,11H,1,5,10H2,2-3H3;2H2,1H3,(H,4,5)/b26-13+,27-14+;8-6-,9-7-,13-12?;. The SMILES string of the molecule is C=CC1/C=C\C=C/CN(C)C(CC)=N1.CCC(=O)O.CCCC(CCC)C1(C)C=CC(OCc2ccc(/C(C)=C/C=C(\C)CC(C)CC)cc2)=CC1. The van der Waals surface area contributed by atoms with Gasteiger partial charge in [-0.2, -0.15) is 0 Å². The minimum Gasteiger partial charge on any atom is -0.489 e. The summed E-state index contributed by atoms with van der Waals surface area (Å²) in [6.07, 6.45) is 31.4. The Bertz CT molecular complexity index is 1400. The third-order valence-corrected chi connectivity index (χ3v) is 9.91. The number of aliphatic imine (C=N–C) groups is 1. The molecule has 1 heterocycles. The Labute approximate surface area is 318 Å². The first kappa shape index (κ1) is 46.2. The van der Waals surface area contributed by atoms with Crippen molar-refractivity contribution in [2.24, 2.45) is 22.2 Å². The summed E-state index contributed by atoms with van der Waals surface area (Å²) in [6, 6.07) is 8.92. The summed E-state index contributed by atoms with van der Waals surface area (Å²) in [5.41, 5.74) is 5.52. The summed E-state index contributed by atoms with van der Waals surface area (Å²) in [5.74, 6) is 2.92. The van der Waals surface area contributed by atoms with Crippen LogP contribution in [-0.4, -0.2) is 41.4 Å². The molecule has 1 N–H and O–H groups in total. The predicted molar refractivity (Wildman–Crippen MR) is 227 cm³/mol. The fourth-order valence-electron chi connectivity index (χ4n) is 6.18. The largest absolute Gasteiger partial charge is 0.489 e. The van der Waals surface area contributed by atoms with E-state index in [2.05, 4.69) is 152 Å². The third kappa shape index (κ3) is 18.1. The Morgan fingerprint density at radius 1 is 1.08 bits per heavy atom. The molecule has 5 nitrogen and oxygen atoms in total. The van der Waals surface area contributed by atoms with Gasteiger partial charge in [-0.05, 0) is 85.6 Å². The molecule has 52 heavy (non-hydrogen) atoms. The van der Waals surface area contributed by atoms with E-state index >= 15 is 0 Å². The molecule has 3 rings (SSSR count). The monoisotopic (exact) mass is 713 g/mol. The first-order valence-electron chi connectivity index (χ1n) is 19.8. The first-order valence-corrected chi connectivity index (χ1v) is 19.8. The van der Waals surface area contributed by atoms with Crippen LogP contribution < -0.4 is 0 Å². The van der Waals surface area contributed by atoms with Gasteiger partial charge in [0.05, 0.1) is 11.9 Å². The van der Waals surface area contributed by atoms with Crippen LogP contribution in [0.25, 0.3) is 5.57 Å². The molecule has 1 aliphatic carbocycles. The lowest BCUT2D eigenvalue weighted by Crippen LogP contribution is -2.27. The zero-order chi connectivity index (χ0) is 38.9. The van der Waals surface area contributed by atoms with E-state index in [4.69, 9.17) is 9.84 Å². The molecule has 5 heteroatoms. The number of ether oxygens (including phenoxy) is 1. The number of aliphatic carboxylic acids is 1. The lowest BCUT2D eigenvalue weighted by atomic mass is 9.69. The van der Waals surface area contributed by atoms with Crippen molar-refractivity contribution in [3.8, 4) is 0 Å². The van der Waals surface area contributed by atoms with Gasteiger partial charge in [-0.15, -0.1) is 6.58 Å². The molecule has 2 aliphatic rings. The fourth-order valence-corrected chi connectivity index (χ4v) is 6.18. The molecule has 0 radical (unpaired) electrons. The van der Waals surface area contributed by atoms with Gasteiger partial charge in [0.15, 0.2) is 0 Å². The molecule has 3 atom stereocenters. The lowest BCUT2D eigenvalue weighted by Gasteiger charge is -2.36. The highest BCUT2D eigenvalue weighted by Crippen LogP contribution is 2.42. The molecule has 0 bridgehead atoms. The third-order valence-electron chi connectivity index (χ3n) is 9.91. The van der Waals surface area contributed by atoms with Crippen molar-refractivity contribution in [3.63, 3.8) is 0 Å². The number of nitrogens with zero attached hydrogens (tertiary/aromatic N) is 2. The van der Waals surface area contributed by atoms with Gasteiger partial charge in [0.1, 0.15) is 12.4 Å². The number of benzene rings is 1. The van der Waals surface area contributed by atoms with E-state index in [-0.39, 0.29) is 17.9 Å². The number of carboxylic acids is 1. The average molecular weight is 713 g/mol. The van der Waals surface area contributed by atoms with Crippen LogP contribution in [-0.2, 0) is 16.1 Å². The second-order valence-corrected chi connectivity index (χ2v) is 14.6. The Balaban J connectivity index is 0.000000583. The first-order chi connectivity index (χ1) is 24.9. The van der Waals surface area contributed by atoms with Gasteiger partial charge in [-0.25, -0.2) is 0 Å². The maximum atomic E-state index is 9.37. The van der Waals surface area contributed by atoms with Crippen LogP contribution in [0.4, 0.5) is 0 Å². The molecule has 0 fully saturated rings. The van der Waals surface area contributed by atoms with Crippen LogP contribution in [0.1, 0.15) is 131 Å². The molecule has 1 aromatic rings. The highest BCUT2D eigenvalue weighted by molar-refractivity contribution is 5.82. The maximum Gasteiger partial charge on any atom is 0.303 e. The normalized spacial score (nSPS) is 20.8. The second kappa shape index (κ2) is 26.0.